The molecule has 0 atom stereocenters. The van der Waals surface area contributed by atoms with Crippen molar-refractivity contribution in [3.8, 4) is 0 Å². The molecule has 11 heavy (non-hydrogen) atoms. The number of anilines is 1. The third-order valence-electron chi connectivity index (χ3n) is 1.47. The van der Waals surface area contributed by atoms with E-state index in [2.05, 4.69) is 34.7 Å². The number of alkyl halides is 2. The summed E-state index contributed by atoms with van der Waals surface area (Å²) in [5.74, 6) is 0. The van der Waals surface area contributed by atoms with E-state index >= 15 is 0 Å². The van der Waals surface area contributed by atoms with E-state index in [1.807, 2.05) is 0 Å². The molecule has 1 N–H and O–H groups in total. The van der Waals surface area contributed by atoms with Crippen LogP contribution in [0.5, 0.6) is 0 Å². The zero-order chi connectivity index (χ0) is 7.68. The zero-order valence-corrected chi connectivity index (χ0v) is 10.6. The topological polar surface area (TPSA) is 12.0 Å². The second-order valence-electron chi connectivity index (χ2n) is 2.47. The van der Waals surface area contributed by atoms with E-state index in [9.17, 15) is 0 Å². The summed E-state index contributed by atoms with van der Waals surface area (Å²) in [6.45, 7) is 2.13. The third kappa shape index (κ3) is 2.47. The van der Waals surface area contributed by atoms with Crippen LogP contribution in [0.25, 0.3) is 0 Å². The Morgan fingerprint density at radius 2 is 2.00 bits per heavy atom. The van der Waals surface area contributed by atoms with Crippen LogP contribution in [0.3, 0.4) is 0 Å². The van der Waals surface area contributed by atoms with Crippen molar-refractivity contribution in [2.75, 3.05) is 5.96 Å². The van der Waals surface area contributed by atoms with Crippen molar-refractivity contribution < 1.29 is 17.2 Å². The van der Waals surface area contributed by atoms with Gasteiger partial charge in [-0.3, -0.25) is 0 Å². The summed E-state index contributed by atoms with van der Waals surface area (Å²) in [4.78, 5) is 0. The Kier molecular flexibility index (Phi) is 2.55. The summed E-state index contributed by atoms with van der Waals surface area (Å²) in [5, 5.41) is 0. The fourth-order valence-electron chi connectivity index (χ4n) is 0.805. The van der Waals surface area contributed by atoms with E-state index in [0.29, 0.717) is 17.2 Å². The molecule has 1 heterocycles. The van der Waals surface area contributed by atoms with Crippen molar-refractivity contribution in [3.05, 3.63) is 29.8 Å². The molecule has 1 aromatic rings. The average Bonchev–Trinajstić information content (AvgIpc) is 2.78. The monoisotopic (exact) mass is 374 g/mol. The predicted molar refractivity (Wildman–Crippen MR) is 53.7 cm³/mol. The van der Waals surface area contributed by atoms with Crippen molar-refractivity contribution in [1.82, 2.24) is 0 Å². The minimum absolute atomic E-state index is 0.453. The molecule has 62 valence electrons. The number of benzene rings is 1. The van der Waals surface area contributed by atoms with Gasteiger partial charge < -0.3 is 0 Å². The molecule has 1 aliphatic heterocycles. The standard InChI is InChI=1S/C8H10I2N/c1-7-2-4-8(5-3-7)11-10-6-9-10/h2-5,11H,6H2,1H3/q-1. The normalized spacial score (nSPS) is 18.8. The van der Waals surface area contributed by atoms with E-state index in [1.165, 1.54) is 11.3 Å². The van der Waals surface area contributed by atoms with Crippen molar-refractivity contribution in [3.63, 3.8) is 0 Å². The summed E-state index contributed by atoms with van der Waals surface area (Å²) in [5.41, 5.74) is 2.71. The van der Waals surface area contributed by atoms with Gasteiger partial charge in [-0.2, -0.15) is 0 Å². The maximum absolute atomic E-state index is 3.65. The molecule has 1 nitrogen and oxygen atoms in total. The first-order valence-corrected chi connectivity index (χ1v) is 13.9. The van der Waals surface area contributed by atoms with Crippen molar-refractivity contribution in [2.45, 2.75) is 6.92 Å². The third-order valence-corrected chi connectivity index (χ3v) is 12.9. The second-order valence-corrected chi connectivity index (χ2v) is 20.2. The molecule has 1 fully saturated rings. The Hall–Kier alpha value is 0.480. The molecule has 0 saturated carbocycles. The van der Waals surface area contributed by atoms with E-state index in [0.717, 1.165) is 0 Å². The Morgan fingerprint density at radius 3 is 2.55 bits per heavy atom. The van der Waals surface area contributed by atoms with E-state index in [1.54, 1.807) is 2.43 Å². The van der Waals surface area contributed by atoms with E-state index in [4.69, 9.17) is 0 Å². The molecule has 0 radical (unpaired) electrons. The number of hydrogen-bond donors (Lipinski definition) is 1. The summed E-state index contributed by atoms with van der Waals surface area (Å²) in [6, 6.07) is 8.77. The maximum atomic E-state index is 3.65. The fourth-order valence-corrected chi connectivity index (χ4v) is 11.4. The van der Waals surface area contributed by atoms with Gasteiger partial charge in [-0.15, -0.1) is 0 Å². The number of nitrogens with one attached hydrogen (secondary N) is 1. The number of aryl methyl sites for hydroxylation is 1. The minimum atomic E-state index is -0.453. The van der Waals surface area contributed by atoms with Crippen molar-refractivity contribution in [2.24, 2.45) is 0 Å². The van der Waals surface area contributed by atoms with Crippen LogP contribution in [0.4, 0.5) is 5.69 Å². The van der Waals surface area contributed by atoms with Crippen LogP contribution in [0.15, 0.2) is 24.3 Å². The van der Waals surface area contributed by atoms with Crippen LogP contribution >= 0.6 is 16.1 Å². The van der Waals surface area contributed by atoms with E-state index < -0.39 is 16.1 Å². The van der Waals surface area contributed by atoms with Crippen LogP contribution in [0, 0.1) is 6.92 Å². The predicted octanol–water partition coefficient (Wildman–Crippen LogP) is -0.197. The number of halogens is 2. The molecule has 2 rings (SSSR count). The van der Waals surface area contributed by atoms with Crippen molar-refractivity contribution >= 4 is 21.8 Å². The summed E-state index contributed by atoms with van der Waals surface area (Å²) in [6.07, 6.45) is 0. The molecule has 1 aliphatic rings. The molecule has 1 saturated heterocycles. The quantitative estimate of drug-likeness (QED) is 0.430. The molecule has 0 bridgehead atoms. The van der Waals surface area contributed by atoms with Crippen molar-refractivity contribution in [1.29, 1.82) is 0 Å². The Balaban J connectivity index is 2.06. The van der Waals surface area contributed by atoms with Gasteiger partial charge >= 0.3 is 81.8 Å². The Morgan fingerprint density at radius 1 is 1.36 bits per heavy atom. The molecule has 0 aromatic heterocycles. The molecule has 3 heteroatoms. The molecule has 0 amide bonds. The number of hydrogen-bond acceptors (Lipinski definition) is 1. The molecular weight excluding hydrogens is 364 g/mol. The van der Waals surface area contributed by atoms with Gasteiger partial charge in [0.2, 0.25) is 0 Å². The first-order chi connectivity index (χ1) is 5.34. The van der Waals surface area contributed by atoms with E-state index in [-0.39, 0.29) is 0 Å². The molecular formula is C8H10I2N-. The zero-order valence-electron chi connectivity index (χ0n) is 6.27. The summed E-state index contributed by atoms with van der Waals surface area (Å²) in [7, 11) is 0. The van der Waals surface area contributed by atoms with Crippen LogP contribution in [0.1, 0.15) is 5.56 Å². The number of rotatable bonds is 2. The molecule has 0 unspecified atom stereocenters. The van der Waals surface area contributed by atoms with Gasteiger partial charge in [-0.05, 0) is 0 Å². The second kappa shape index (κ2) is 3.47. The van der Waals surface area contributed by atoms with Gasteiger partial charge in [-0.1, -0.05) is 0 Å². The fraction of sp³-hybridized carbons (Fsp3) is 0.250. The van der Waals surface area contributed by atoms with Crippen LogP contribution in [0.2, 0.25) is 0 Å². The van der Waals surface area contributed by atoms with Crippen LogP contribution in [-0.2, 0) is 0 Å². The molecule has 1 aromatic carbocycles. The van der Waals surface area contributed by atoms with Gasteiger partial charge in [0.1, 0.15) is 0 Å². The Bertz CT molecular complexity index is 241. The first-order valence-electron chi connectivity index (χ1n) is 3.44. The summed E-state index contributed by atoms with van der Waals surface area (Å²) >= 11 is 0.233. The van der Waals surface area contributed by atoms with Gasteiger partial charge in [0.05, 0.1) is 0 Å². The van der Waals surface area contributed by atoms with Gasteiger partial charge in [-0.25, -0.2) is 0 Å². The Labute approximate surface area is 81.0 Å². The van der Waals surface area contributed by atoms with Gasteiger partial charge in [0.25, 0.3) is 0 Å². The first kappa shape index (κ1) is 8.10. The molecule has 0 spiro atoms. The SMILES string of the molecule is Cc1ccc(NI2C[I-]2)cc1. The molecule has 0 aliphatic carbocycles. The van der Waals surface area contributed by atoms with Crippen LogP contribution in [-0.4, -0.2) is 2.43 Å². The van der Waals surface area contributed by atoms with Gasteiger partial charge in [0, 0.05) is 0 Å². The summed E-state index contributed by atoms with van der Waals surface area (Å²) < 4.78 is 5.26. The van der Waals surface area contributed by atoms with Crippen LogP contribution < -0.4 is 20.8 Å². The average molecular weight is 374 g/mol. The van der Waals surface area contributed by atoms with Gasteiger partial charge in [0.15, 0.2) is 0 Å².